The summed E-state index contributed by atoms with van der Waals surface area (Å²) >= 11 is 1.12. The lowest BCUT2D eigenvalue weighted by Crippen LogP contribution is -2.35. The van der Waals surface area contributed by atoms with Crippen LogP contribution in [0.15, 0.2) is 10.2 Å². The van der Waals surface area contributed by atoms with Gasteiger partial charge in [-0.2, -0.15) is 0 Å². The van der Waals surface area contributed by atoms with E-state index in [2.05, 4.69) is 12.2 Å². The summed E-state index contributed by atoms with van der Waals surface area (Å²) in [5.74, 6) is 0.473. The van der Waals surface area contributed by atoms with Crippen molar-refractivity contribution in [1.82, 2.24) is 9.88 Å². The fourth-order valence-corrected chi connectivity index (χ4v) is 3.46. The van der Waals surface area contributed by atoms with E-state index in [0.717, 1.165) is 23.5 Å². The van der Waals surface area contributed by atoms with Crippen LogP contribution in [0, 0.1) is 12.8 Å². The van der Waals surface area contributed by atoms with E-state index in [9.17, 15) is 9.59 Å². The molecule has 5 nitrogen and oxygen atoms in total. The standard InChI is InChI=1S/C15H24N2O3S/c1-11-5-3-4-6-13(11)20-8-7-16-14(18)9-17-12(2)10-21-15(17)19/h10-11,13H,3-9H2,1-2H3,(H,16,18)/t11-,13+/m0/s1. The van der Waals surface area contributed by atoms with Crippen molar-refractivity contribution in [3.05, 3.63) is 20.7 Å². The highest BCUT2D eigenvalue weighted by molar-refractivity contribution is 7.07. The summed E-state index contributed by atoms with van der Waals surface area (Å²) in [5.41, 5.74) is 0.826. The topological polar surface area (TPSA) is 60.3 Å². The van der Waals surface area contributed by atoms with Crippen LogP contribution in [-0.2, 0) is 16.1 Å². The van der Waals surface area contributed by atoms with Crippen molar-refractivity contribution in [3.8, 4) is 0 Å². The molecule has 1 N–H and O–H groups in total. The maximum Gasteiger partial charge on any atom is 0.307 e. The summed E-state index contributed by atoms with van der Waals surface area (Å²) in [6, 6.07) is 0. The van der Waals surface area contributed by atoms with E-state index in [0.29, 0.717) is 25.2 Å². The number of hydrogen-bond acceptors (Lipinski definition) is 4. The number of ether oxygens (including phenoxy) is 1. The number of nitrogens with one attached hydrogen (secondary N) is 1. The number of carbonyl (C=O) groups is 1. The summed E-state index contributed by atoms with van der Waals surface area (Å²) in [6.45, 7) is 5.19. The third kappa shape index (κ3) is 4.68. The second-order valence-electron chi connectivity index (χ2n) is 5.75. The van der Waals surface area contributed by atoms with Crippen LogP contribution in [0.1, 0.15) is 38.3 Å². The number of nitrogens with zero attached hydrogens (tertiary/aromatic N) is 1. The second kappa shape index (κ2) is 7.75. The monoisotopic (exact) mass is 312 g/mol. The molecule has 1 amide bonds. The van der Waals surface area contributed by atoms with Gasteiger partial charge in [-0.25, -0.2) is 0 Å². The molecule has 21 heavy (non-hydrogen) atoms. The highest BCUT2D eigenvalue weighted by atomic mass is 32.1. The number of hydrogen-bond donors (Lipinski definition) is 1. The van der Waals surface area contributed by atoms with E-state index in [-0.39, 0.29) is 17.3 Å². The lowest BCUT2D eigenvalue weighted by Gasteiger charge is -2.28. The van der Waals surface area contributed by atoms with Crippen LogP contribution in [0.5, 0.6) is 0 Å². The number of thiazole rings is 1. The first kappa shape index (κ1) is 16.2. The van der Waals surface area contributed by atoms with Crippen molar-refractivity contribution >= 4 is 17.2 Å². The molecule has 118 valence electrons. The van der Waals surface area contributed by atoms with Gasteiger partial charge in [0.05, 0.1) is 12.7 Å². The molecule has 1 aromatic rings. The Morgan fingerprint density at radius 2 is 2.24 bits per heavy atom. The Bertz CT molecular complexity index is 523. The van der Waals surface area contributed by atoms with Gasteiger partial charge in [-0.05, 0) is 25.7 Å². The minimum atomic E-state index is -0.140. The van der Waals surface area contributed by atoms with Crippen molar-refractivity contribution in [2.75, 3.05) is 13.2 Å². The Kier molecular flexibility index (Phi) is 5.99. The fraction of sp³-hybridized carbons (Fsp3) is 0.733. The van der Waals surface area contributed by atoms with Gasteiger partial charge in [-0.3, -0.25) is 14.2 Å². The predicted octanol–water partition coefficient (Wildman–Crippen LogP) is 1.93. The minimum Gasteiger partial charge on any atom is -0.376 e. The highest BCUT2D eigenvalue weighted by Crippen LogP contribution is 2.25. The lowest BCUT2D eigenvalue weighted by molar-refractivity contribution is -0.122. The Balaban J connectivity index is 1.66. The molecule has 0 spiro atoms. The third-order valence-electron chi connectivity index (χ3n) is 4.07. The molecule has 6 heteroatoms. The van der Waals surface area contributed by atoms with E-state index in [1.54, 1.807) is 5.38 Å². The van der Waals surface area contributed by atoms with Crippen LogP contribution in [-0.4, -0.2) is 29.7 Å². The van der Waals surface area contributed by atoms with Crippen molar-refractivity contribution in [1.29, 1.82) is 0 Å². The molecule has 2 rings (SSSR count). The summed E-state index contributed by atoms with van der Waals surface area (Å²) < 4.78 is 7.34. The molecule has 1 aromatic heterocycles. The van der Waals surface area contributed by atoms with Gasteiger partial charge in [0.15, 0.2) is 0 Å². The molecular weight excluding hydrogens is 288 g/mol. The molecule has 0 radical (unpaired) electrons. The number of aromatic nitrogens is 1. The zero-order valence-corrected chi connectivity index (χ0v) is 13.6. The van der Waals surface area contributed by atoms with Gasteiger partial charge in [-0.1, -0.05) is 31.1 Å². The van der Waals surface area contributed by atoms with Crippen LogP contribution in [0.2, 0.25) is 0 Å². The molecule has 1 saturated carbocycles. The zero-order chi connectivity index (χ0) is 15.2. The van der Waals surface area contributed by atoms with Gasteiger partial charge in [-0.15, -0.1) is 0 Å². The molecule has 0 unspecified atom stereocenters. The van der Waals surface area contributed by atoms with E-state index in [4.69, 9.17) is 4.74 Å². The SMILES string of the molecule is Cc1csc(=O)n1CC(=O)NCCO[C@@H]1CCCC[C@@H]1C. The summed E-state index contributed by atoms with van der Waals surface area (Å²) in [4.78, 5) is 23.2. The van der Waals surface area contributed by atoms with Crippen LogP contribution < -0.4 is 10.2 Å². The van der Waals surface area contributed by atoms with Crippen molar-refractivity contribution < 1.29 is 9.53 Å². The predicted molar refractivity (Wildman–Crippen MR) is 83.7 cm³/mol. The summed E-state index contributed by atoms with van der Waals surface area (Å²) in [6.07, 6.45) is 5.22. The average molecular weight is 312 g/mol. The zero-order valence-electron chi connectivity index (χ0n) is 12.8. The number of amides is 1. The van der Waals surface area contributed by atoms with Crippen LogP contribution in [0.4, 0.5) is 0 Å². The molecule has 0 bridgehead atoms. The quantitative estimate of drug-likeness (QED) is 0.817. The molecule has 0 aromatic carbocycles. The van der Waals surface area contributed by atoms with Gasteiger partial charge in [0.25, 0.3) is 0 Å². The smallest absolute Gasteiger partial charge is 0.307 e. The third-order valence-corrected chi connectivity index (χ3v) is 4.95. The van der Waals surface area contributed by atoms with Crippen molar-refractivity contribution in [2.24, 2.45) is 5.92 Å². The van der Waals surface area contributed by atoms with E-state index in [1.807, 2.05) is 6.92 Å². The second-order valence-corrected chi connectivity index (χ2v) is 6.57. The van der Waals surface area contributed by atoms with Gasteiger partial charge in [0, 0.05) is 17.6 Å². The Labute approximate surface area is 129 Å². The first-order chi connectivity index (χ1) is 10.1. The maximum absolute atomic E-state index is 11.8. The molecule has 2 atom stereocenters. The summed E-state index contributed by atoms with van der Waals surface area (Å²) in [7, 11) is 0. The summed E-state index contributed by atoms with van der Waals surface area (Å²) in [5, 5.41) is 4.58. The molecule has 0 saturated heterocycles. The largest absolute Gasteiger partial charge is 0.376 e. The Morgan fingerprint density at radius 1 is 1.48 bits per heavy atom. The molecule has 1 aliphatic rings. The first-order valence-electron chi connectivity index (χ1n) is 7.61. The van der Waals surface area contributed by atoms with Gasteiger partial charge in [0.1, 0.15) is 6.54 Å². The normalized spacial score (nSPS) is 22.2. The highest BCUT2D eigenvalue weighted by Gasteiger charge is 2.21. The van der Waals surface area contributed by atoms with Gasteiger partial charge >= 0.3 is 4.87 Å². The van der Waals surface area contributed by atoms with Crippen molar-refractivity contribution in [3.63, 3.8) is 0 Å². The van der Waals surface area contributed by atoms with E-state index < -0.39 is 0 Å². The van der Waals surface area contributed by atoms with E-state index >= 15 is 0 Å². The number of aryl methyl sites for hydroxylation is 1. The van der Waals surface area contributed by atoms with Crippen LogP contribution >= 0.6 is 11.3 Å². The molecule has 1 heterocycles. The van der Waals surface area contributed by atoms with E-state index in [1.165, 1.54) is 23.8 Å². The van der Waals surface area contributed by atoms with Crippen LogP contribution in [0.25, 0.3) is 0 Å². The Hall–Kier alpha value is -1.14. The minimum absolute atomic E-state index is 0.0880. The average Bonchev–Trinajstić information content (AvgIpc) is 2.77. The lowest BCUT2D eigenvalue weighted by atomic mass is 9.88. The number of carbonyl (C=O) groups excluding carboxylic acids is 1. The molecular formula is C15H24N2O3S. The molecule has 0 aliphatic heterocycles. The number of rotatable bonds is 6. The Morgan fingerprint density at radius 3 is 2.90 bits per heavy atom. The van der Waals surface area contributed by atoms with Crippen molar-refractivity contribution in [2.45, 2.75) is 52.2 Å². The first-order valence-corrected chi connectivity index (χ1v) is 8.49. The van der Waals surface area contributed by atoms with Crippen LogP contribution in [0.3, 0.4) is 0 Å². The van der Waals surface area contributed by atoms with Gasteiger partial charge in [0.2, 0.25) is 5.91 Å². The van der Waals surface area contributed by atoms with Gasteiger partial charge < -0.3 is 10.1 Å². The fourth-order valence-electron chi connectivity index (χ4n) is 2.73. The maximum atomic E-state index is 11.8. The molecule has 1 aliphatic carbocycles. The molecule has 1 fully saturated rings.